The lowest BCUT2D eigenvalue weighted by atomic mass is 9.95. The van der Waals surface area contributed by atoms with Gasteiger partial charge in [0.1, 0.15) is 5.82 Å². The number of hydrogen-bond donors (Lipinski definition) is 2. The summed E-state index contributed by atoms with van der Waals surface area (Å²) in [4.78, 5) is 12.9. The SMILES string of the molecule is CNCc1cn(C2CCCC2)c2cc(NC3CCCCC3)c(F)cc2c1=O. The predicted molar refractivity (Wildman–Crippen MR) is 109 cm³/mol. The third-order valence-electron chi connectivity index (χ3n) is 6.24. The predicted octanol–water partition coefficient (Wildman–Crippen LogP) is 4.72. The maximum absolute atomic E-state index is 14.9. The Kier molecular flexibility index (Phi) is 5.48. The zero-order chi connectivity index (χ0) is 18.8. The average molecular weight is 372 g/mol. The zero-order valence-corrected chi connectivity index (χ0v) is 16.2. The largest absolute Gasteiger partial charge is 0.380 e. The van der Waals surface area contributed by atoms with Crippen molar-refractivity contribution in [1.82, 2.24) is 9.88 Å². The second kappa shape index (κ2) is 8.01. The molecular formula is C22H30FN3O. The Morgan fingerprint density at radius 3 is 2.48 bits per heavy atom. The number of pyridine rings is 1. The summed E-state index contributed by atoms with van der Waals surface area (Å²) in [5.74, 6) is -0.315. The summed E-state index contributed by atoms with van der Waals surface area (Å²) in [5.41, 5.74) is 2.06. The number of aromatic nitrogens is 1. The second-order valence-corrected chi connectivity index (χ2v) is 8.19. The highest BCUT2D eigenvalue weighted by Crippen LogP contribution is 2.33. The number of hydrogen-bond acceptors (Lipinski definition) is 3. The van der Waals surface area contributed by atoms with Gasteiger partial charge in [0.25, 0.3) is 0 Å². The highest BCUT2D eigenvalue weighted by Gasteiger charge is 2.22. The molecule has 0 radical (unpaired) electrons. The lowest BCUT2D eigenvalue weighted by molar-refractivity contribution is 0.460. The minimum absolute atomic E-state index is 0.0586. The normalized spacial score (nSPS) is 19.0. The third kappa shape index (κ3) is 3.75. The van der Waals surface area contributed by atoms with E-state index < -0.39 is 0 Å². The molecule has 27 heavy (non-hydrogen) atoms. The van der Waals surface area contributed by atoms with E-state index in [9.17, 15) is 9.18 Å². The van der Waals surface area contributed by atoms with Crippen LogP contribution in [0.2, 0.25) is 0 Å². The van der Waals surface area contributed by atoms with Gasteiger partial charge in [0.2, 0.25) is 0 Å². The third-order valence-corrected chi connectivity index (χ3v) is 6.24. The van der Waals surface area contributed by atoms with Crippen LogP contribution in [-0.2, 0) is 6.54 Å². The van der Waals surface area contributed by atoms with Gasteiger partial charge in [0.05, 0.1) is 11.2 Å². The van der Waals surface area contributed by atoms with Crippen molar-refractivity contribution in [1.29, 1.82) is 0 Å². The Labute approximate surface area is 160 Å². The van der Waals surface area contributed by atoms with Crippen LogP contribution in [0.25, 0.3) is 10.9 Å². The van der Waals surface area contributed by atoms with Gasteiger partial charge in [-0.3, -0.25) is 4.79 Å². The number of fused-ring (bicyclic) bond motifs is 1. The van der Waals surface area contributed by atoms with Gasteiger partial charge in [0, 0.05) is 35.8 Å². The maximum atomic E-state index is 14.9. The maximum Gasteiger partial charge on any atom is 0.193 e. The molecule has 0 saturated heterocycles. The minimum atomic E-state index is -0.315. The monoisotopic (exact) mass is 371 g/mol. The number of anilines is 1. The molecule has 0 amide bonds. The van der Waals surface area contributed by atoms with Crippen LogP contribution in [0.4, 0.5) is 10.1 Å². The Morgan fingerprint density at radius 2 is 1.78 bits per heavy atom. The first-order valence-corrected chi connectivity index (χ1v) is 10.5. The van der Waals surface area contributed by atoms with E-state index in [0.717, 1.165) is 31.2 Å². The van der Waals surface area contributed by atoms with E-state index in [-0.39, 0.29) is 11.2 Å². The molecule has 0 bridgehead atoms. The van der Waals surface area contributed by atoms with E-state index in [0.29, 0.717) is 35.3 Å². The molecule has 2 fully saturated rings. The van der Waals surface area contributed by atoms with Crippen molar-refractivity contribution < 1.29 is 4.39 Å². The van der Waals surface area contributed by atoms with Crippen LogP contribution in [0.3, 0.4) is 0 Å². The number of halogens is 1. The van der Waals surface area contributed by atoms with E-state index in [1.807, 2.05) is 19.3 Å². The fourth-order valence-corrected chi connectivity index (χ4v) is 4.80. The lowest BCUT2D eigenvalue weighted by Gasteiger charge is -2.25. The first kappa shape index (κ1) is 18.5. The molecule has 2 N–H and O–H groups in total. The van der Waals surface area contributed by atoms with Crippen molar-refractivity contribution >= 4 is 16.6 Å². The van der Waals surface area contributed by atoms with Gasteiger partial charge in [-0.1, -0.05) is 32.1 Å². The number of nitrogens with one attached hydrogen (secondary N) is 2. The highest BCUT2D eigenvalue weighted by atomic mass is 19.1. The van der Waals surface area contributed by atoms with Crippen molar-refractivity contribution in [3.8, 4) is 0 Å². The standard InChI is InChI=1S/C22H30FN3O/c1-24-13-15-14-26(17-9-5-6-10-17)21-12-20(19(23)11-18(21)22(15)27)25-16-7-3-2-4-8-16/h11-12,14,16-17,24-25H,2-10,13H2,1H3. The number of nitrogens with zero attached hydrogens (tertiary/aromatic N) is 1. The molecule has 1 aromatic carbocycles. The fourth-order valence-electron chi connectivity index (χ4n) is 4.80. The second-order valence-electron chi connectivity index (χ2n) is 8.19. The van der Waals surface area contributed by atoms with Gasteiger partial charge in [-0.2, -0.15) is 0 Å². The van der Waals surface area contributed by atoms with Crippen molar-refractivity contribution in [2.24, 2.45) is 0 Å². The van der Waals surface area contributed by atoms with E-state index in [1.165, 1.54) is 38.2 Å². The van der Waals surface area contributed by atoms with Crippen LogP contribution in [0.1, 0.15) is 69.4 Å². The molecule has 1 heterocycles. The molecular weight excluding hydrogens is 341 g/mol. The molecule has 0 atom stereocenters. The smallest absolute Gasteiger partial charge is 0.193 e. The van der Waals surface area contributed by atoms with Crippen LogP contribution in [0.15, 0.2) is 23.1 Å². The Hall–Kier alpha value is -1.88. The Balaban J connectivity index is 1.80. The molecule has 2 saturated carbocycles. The van der Waals surface area contributed by atoms with E-state index >= 15 is 0 Å². The zero-order valence-electron chi connectivity index (χ0n) is 16.2. The van der Waals surface area contributed by atoms with Crippen LogP contribution in [0, 0.1) is 5.82 Å². The average Bonchev–Trinajstić information content (AvgIpc) is 3.21. The van der Waals surface area contributed by atoms with Gasteiger partial charge in [-0.25, -0.2) is 4.39 Å². The van der Waals surface area contributed by atoms with Gasteiger partial charge >= 0.3 is 0 Å². The van der Waals surface area contributed by atoms with E-state index in [1.54, 1.807) is 0 Å². The Morgan fingerprint density at radius 1 is 1.07 bits per heavy atom. The van der Waals surface area contributed by atoms with Crippen molar-refractivity contribution in [2.75, 3.05) is 12.4 Å². The number of rotatable bonds is 5. The van der Waals surface area contributed by atoms with E-state index in [4.69, 9.17) is 0 Å². The summed E-state index contributed by atoms with van der Waals surface area (Å²) in [7, 11) is 1.83. The summed E-state index contributed by atoms with van der Waals surface area (Å²) >= 11 is 0. The first-order chi connectivity index (χ1) is 13.2. The van der Waals surface area contributed by atoms with Crippen LogP contribution in [-0.4, -0.2) is 17.7 Å². The molecule has 2 aliphatic rings. The van der Waals surface area contributed by atoms with Crippen molar-refractivity contribution in [3.05, 3.63) is 39.9 Å². The molecule has 2 aliphatic carbocycles. The van der Waals surface area contributed by atoms with Gasteiger partial charge in [-0.05, 0) is 44.9 Å². The molecule has 4 rings (SSSR count). The Bertz CT molecular complexity index is 864. The molecule has 0 unspecified atom stereocenters. The van der Waals surface area contributed by atoms with E-state index in [2.05, 4.69) is 15.2 Å². The summed E-state index contributed by atoms with van der Waals surface area (Å²) in [5, 5.41) is 6.98. The summed E-state index contributed by atoms with van der Waals surface area (Å²) < 4.78 is 17.1. The first-order valence-electron chi connectivity index (χ1n) is 10.5. The molecule has 4 nitrogen and oxygen atoms in total. The lowest BCUT2D eigenvalue weighted by Crippen LogP contribution is -2.24. The van der Waals surface area contributed by atoms with Gasteiger partial charge in [0.15, 0.2) is 5.43 Å². The number of benzene rings is 1. The summed E-state index contributed by atoms with van der Waals surface area (Å²) in [6, 6.07) is 4.06. The highest BCUT2D eigenvalue weighted by molar-refractivity contribution is 5.83. The molecule has 1 aromatic heterocycles. The molecule has 0 spiro atoms. The topological polar surface area (TPSA) is 46.1 Å². The van der Waals surface area contributed by atoms with Crippen molar-refractivity contribution in [2.45, 2.75) is 76.4 Å². The van der Waals surface area contributed by atoms with Crippen molar-refractivity contribution in [3.63, 3.8) is 0 Å². The molecule has 5 heteroatoms. The van der Waals surface area contributed by atoms with Crippen LogP contribution >= 0.6 is 0 Å². The quantitative estimate of drug-likeness (QED) is 0.799. The molecule has 0 aliphatic heterocycles. The summed E-state index contributed by atoms with van der Waals surface area (Å²) in [6.07, 6.45) is 12.5. The molecule has 146 valence electrons. The minimum Gasteiger partial charge on any atom is -0.380 e. The van der Waals surface area contributed by atoms with Crippen LogP contribution < -0.4 is 16.1 Å². The van der Waals surface area contributed by atoms with Crippen LogP contribution in [0.5, 0.6) is 0 Å². The fraction of sp³-hybridized carbons (Fsp3) is 0.591. The van der Waals surface area contributed by atoms with Gasteiger partial charge in [-0.15, -0.1) is 0 Å². The van der Waals surface area contributed by atoms with Gasteiger partial charge < -0.3 is 15.2 Å². The molecule has 2 aromatic rings. The summed E-state index contributed by atoms with van der Waals surface area (Å²) in [6.45, 7) is 0.505.